The van der Waals surface area contributed by atoms with E-state index in [0.29, 0.717) is 5.75 Å². The predicted octanol–water partition coefficient (Wildman–Crippen LogP) is 2.15. The first-order valence-corrected chi connectivity index (χ1v) is 7.34. The van der Waals surface area contributed by atoms with Crippen molar-refractivity contribution in [2.24, 2.45) is 0 Å². The summed E-state index contributed by atoms with van der Waals surface area (Å²) >= 11 is 1.61. The lowest BCUT2D eigenvalue weighted by Gasteiger charge is -2.24. The molecular weight excluding hydrogens is 246 g/mol. The minimum Gasteiger partial charge on any atom is -0.384 e. The van der Waals surface area contributed by atoms with Crippen molar-refractivity contribution in [2.75, 3.05) is 18.1 Å². The molecule has 1 amide bonds. The molecule has 1 rings (SSSR count). The van der Waals surface area contributed by atoms with Crippen molar-refractivity contribution >= 4 is 17.7 Å². The van der Waals surface area contributed by atoms with E-state index in [1.807, 2.05) is 30.3 Å². The summed E-state index contributed by atoms with van der Waals surface area (Å²) in [7, 11) is 0. The van der Waals surface area contributed by atoms with Gasteiger partial charge in [-0.2, -0.15) is 11.8 Å². The predicted molar refractivity (Wildman–Crippen MR) is 76.6 cm³/mol. The molecular formula is C14H21NO2S. The summed E-state index contributed by atoms with van der Waals surface area (Å²) in [5, 5.41) is 13.1. The van der Waals surface area contributed by atoms with Crippen LogP contribution in [0.5, 0.6) is 0 Å². The van der Waals surface area contributed by atoms with Crippen molar-refractivity contribution in [3.63, 3.8) is 0 Å². The molecule has 0 bridgehead atoms. The molecule has 0 fully saturated rings. The minimum absolute atomic E-state index is 0.0235. The highest BCUT2D eigenvalue weighted by Gasteiger charge is 2.23. The lowest BCUT2D eigenvalue weighted by Crippen LogP contribution is -2.39. The van der Waals surface area contributed by atoms with E-state index in [9.17, 15) is 9.90 Å². The Hall–Kier alpha value is -1.00. The molecule has 1 unspecified atom stereocenters. The highest BCUT2D eigenvalue weighted by molar-refractivity contribution is 7.99. The van der Waals surface area contributed by atoms with Gasteiger partial charge in [-0.1, -0.05) is 37.3 Å². The van der Waals surface area contributed by atoms with Gasteiger partial charge in [-0.25, -0.2) is 0 Å². The number of nitrogens with one attached hydrogen (secondary N) is 1. The fourth-order valence-electron chi connectivity index (χ4n) is 1.53. The van der Waals surface area contributed by atoms with Crippen LogP contribution in [-0.2, 0) is 10.4 Å². The van der Waals surface area contributed by atoms with Crippen LogP contribution in [0.3, 0.4) is 0 Å². The molecule has 0 radical (unpaired) electrons. The molecule has 1 aromatic rings. The molecule has 3 nitrogen and oxygen atoms in total. The molecule has 0 heterocycles. The second kappa shape index (κ2) is 7.44. The summed E-state index contributed by atoms with van der Waals surface area (Å²) in [6.45, 7) is 4.04. The van der Waals surface area contributed by atoms with Gasteiger partial charge in [0.25, 0.3) is 0 Å². The van der Waals surface area contributed by atoms with E-state index in [0.717, 1.165) is 17.7 Å². The second-order valence-corrected chi connectivity index (χ2v) is 5.57. The molecule has 1 aromatic carbocycles. The number of benzene rings is 1. The largest absolute Gasteiger partial charge is 0.384 e. The Bertz CT molecular complexity index is 365. The number of thioether (sulfide) groups is 1. The average Bonchev–Trinajstić information content (AvgIpc) is 2.38. The maximum Gasteiger partial charge on any atom is 0.230 e. The molecule has 2 N–H and O–H groups in total. The zero-order valence-corrected chi connectivity index (χ0v) is 11.8. The van der Waals surface area contributed by atoms with E-state index in [1.165, 1.54) is 0 Å². The van der Waals surface area contributed by atoms with Crippen molar-refractivity contribution in [3.05, 3.63) is 35.9 Å². The van der Waals surface area contributed by atoms with Crippen molar-refractivity contribution in [1.82, 2.24) is 5.32 Å². The van der Waals surface area contributed by atoms with E-state index < -0.39 is 5.60 Å². The van der Waals surface area contributed by atoms with Gasteiger partial charge in [0.05, 0.1) is 12.3 Å². The van der Waals surface area contributed by atoms with Crippen LogP contribution in [0.4, 0.5) is 0 Å². The van der Waals surface area contributed by atoms with E-state index in [4.69, 9.17) is 0 Å². The van der Waals surface area contributed by atoms with E-state index in [-0.39, 0.29) is 12.5 Å². The maximum absolute atomic E-state index is 11.6. The maximum atomic E-state index is 11.6. The van der Waals surface area contributed by atoms with Gasteiger partial charge in [-0.3, -0.25) is 4.79 Å². The summed E-state index contributed by atoms with van der Waals surface area (Å²) in [6, 6.07) is 9.38. The Morgan fingerprint density at radius 1 is 1.39 bits per heavy atom. The fourth-order valence-corrected chi connectivity index (χ4v) is 2.25. The molecule has 4 heteroatoms. The highest BCUT2D eigenvalue weighted by atomic mass is 32.2. The molecule has 0 aliphatic heterocycles. The third-order valence-electron chi connectivity index (χ3n) is 2.61. The third-order valence-corrected chi connectivity index (χ3v) is 3.77. The normalized spacial score (nSPS) is 13.9. The van der Waals surface area contributed by atoms with Crippen LogP contribution < -0.4 is 5.32 Å². The molecule has 1 atom stereocenters. The number of amides is 1. The van der Waals surface area contributed by atoms with E-state index in [2.05, 4.69) is 12.2 Å². The number of carbonyl (C=O) groups is 1. The van der Waals surface area contributed by atoms with Gasteiger partial charge in [0, 0.05) is 0 Å². The Labute approximate surface area is 113 Å². The zero-order valence-electron chi connectivity index (χ0n) is 11.0. The number of hydrogen-bond donors (Lipinski definition) is 2. The van der Waals surface area contributed by atoms with Gasteiger partial charge in [-0.05, 0) is 24.7 Å². The van der Waals surface area contributed by atoms with Gasteiger partial charge >= 0.3 is 0 Å². The molecule has 0 saturated heterocycles. The molecule has 18 heavy (non-hydrogen) atoms. The minimum atomic E-state index is -1.02. The van der Waals surface area contributed by atoms with Crippen molar-refractivity contribution in [3.8, 4) is 0 Å². The topological polar surface area (TPSA) is 49.3 Å². The van der Waals surface area contributed by atoms with Crippen LogP contribution in [0.1, 0.15) is 25.8 Å². The monoisotopic (exact) mass is 267 g/mol. The Morgan fingerprint density at radius 3 is 2.67 bits per heavy atom. The smallest absolute Gasteiger partial charge is 0.230 e. The third kappa shape index (κ3) is 5.10. The van der Waals surface area contributed by atoms with Crippen LogP contribution >= 0.6 is 11.8 Å². The summed E-state index contributed by atoms with van der Waals surface area (Å²) in [6.07, 6.45) is 1.07. The molecule has 0 spiro atoms. The first kappa shape index (κ1) is 15.1. The van der Waals surface area contributed by atoms with E-state index >= 15 is 0 Å². The first-order chi connectivity index (χ1) is 8.56. The molecule has 0 saturated carbocycles. The van der Waals surface area contributed by atoms with Crippen LogP contribution in [-0.4, -0.2) is 29.1 Å². The van der Waals surface area contributed by atoms with Gasteiger partial charge < -0.3 is 10.4 Å². The summed E-state index contributed by atoms with van der Waals surface area (Å²) in [4.78, 5) is 11.6. The number of aliphatic hydroxyl groups is 1. The van der Waals surface area contributed by atoms with Crippen LogP contribution in [0, 0.1) is 0 Å². The lowest BCUT2D eigenvalue weighted by molar-refractivity contribution is -0.119. The summed E-state index contributed by atoms with van der Waals surface area (Å²) in [5.74, 6) is 1.42. The number of rotatable bonds is 7. The van der Waals surface area contributed by atoms with E-state index in [1.54, 1.807) is 18.7 Å². The Balaban J connectivity index is 2.40. The Kier molecular flexibility index (Phi) is 6.22. The molecule has 0 aromatic heterocycles. The van der Waals surface area contributed by atoms with Crippen LogP contribution in [0.15, 0.2) is 30.3 Å². The Morgan fingerprint density at radius 2 is 2.06 bits per heavy atom. The molecule has 100 valence electrons. The fraction of sp³-hybridized carbons (Fsp3) is 0.500. The zero-order chi connectivity index (χ0) is 13.4. The number of hydrogen-bond acceptors (Lipinski definition) is 3. The second-order valence-electron chi connectivity index (χ2n) is 4.47. The van der Waals surface area contributed by atoms with Crippen LogP contribution in [0.25, 0.3) is 0 Å². The summed E-state index contributed by atoms with van der Waals surface area (Å²) in [5.41, 5.74) is -0.210. The van der Waals surface area contributed by atoms with Gasteiger partial charge in [-0.15, -0.1) is 0 Å². The lowest BCUT2D eigenvalue weighted by atomic mass is 9.96. The molecule has 0 aliphatic carbocycles. The van der Waals surface area contributed by atoms with Crippen molar-refractivity contribution in [1.29, 1.82) is 0 Å². The van der Waals surface area contributed by atoms with Crippen LogP contribution in [0.2, 0.25) is 0 Å². The SMILES string of the molecule is CCCSCC(=O)NCC(C)(O)c1ccccc1. The van der Waals surface area contributed by atoms with Crippen molar-refractivity contribution < 1.29 is 9.90 Å². The van der Waals surface area contributed by atoms with Gasteiger partial charge in [0.2, 0.25) is 5.91 Å². The van der Waals surface area contributed by atoms with Crippen molar-refractivity contribution in [2.45, 2.75) is 25.9 Å². The van der Waals surface area contributed by atoms with Gasteiger partial charge in [0.1, 0.15) is 5.60 Å². The average molecular weight is 267 g/mol. The highest BCUT2D eigenvalue weighted by Crippen LogP contribution is 2.18. The summed E-state index contributed by atoms with van der Waals surface area (Å²) < 4.78 is 0. The molecule has 0 aliphatic rings. The quantitative estimate of drug-likeness (QED) is 0.744. The number of carbonyl (C=O) groups excluding carboxylic acids is 1. The standard InChI is InChI=1S/C14H21NO2S/c1-3-9-18-10-13(16)15-11-14(2,17)12-7-5-4-6-8-12/h4-8,17H,3,9-11H2,1-2H3,(H,15,16). The van der Waals surface area contributed by atoms with Gasteiger partial charge in [0.15, 0.2) is 0 Å². The first-order valence-electron chi connectivity index (χ1n) is 6.18.